The van der Waals surface area contributed by atoms with Crippen molar-refractivity contribution in [3.63, 3.8) is 0 Å². The maximum atomic E-state index is 3.72. The lowest BCUT2D eigenvalue weighted by atomic mass is 9.98. The summed E-state index contributed by atoms with van der Waals surface area (Å²) in [5, 5.41) is 3.72. The normalized spacial score (nSPS) is 28.2. The summed E-state index contributed by atoms with van der Waals surface area (Å²) in [7, 11) is 0. The Kier molecular flexibility index (Phi) is 5.30. The van der Waals surface area contributed by atoms with Crippen LogP contribution in [0.3, 0.4) is 0 Å². The first-order valence-electron chi connectivity index (χ1n) is 7.77. The van der Waals surface area contributed by atoms with E-state index >= 15 is 0 Å². The monoisotopic (exact) mass is 238 g/mol. The lowest BCUT2D eigenvalue weighted by Crippen LogP contribution is -2.47. The maximum Gasteiger partial charge on any atom is 0.0220 e. The molecule has 2 fully saturated rings. The van der Waals surface area contributed by atoms with Crippen molar-refractivity contribution in [1.29, 1.82) is 0 Å². The van der Waals surface area contributed by atoms with Crippen molar-refractivity contribution < 1.29 is 0 Å². The zero-order valence-electron chi connectivity index (χ0n) is 11.8. The van der Waals surface area contributed by atoms with Gasteiger partial charge in [-0.1, -0.05) is 26.7 Å². The van der Waals surface area contributed by atoms with E-state index in [9.17, 15) is 0 Å². The van der Waals surface area contributed by atoms with Crippen LogP contribution in [-0.4, -0.2) is 36.6 Å². The van der Waals surface area contributed by atoms with Crippen molar-refractivity contribution in [3.8, 4) is 0 Å². The molecule has 0 bridgehead atoms. The van der Waals surface area contributed by atoms with Gasteiger partial charge >= 0.3 is 0 Å². The van der Waals surface area contributed by atoms with Gasteiger partial charge in [-0.25, -0.2) is 0 Å². The SMILES string of the molecule is CCCC(C)CN1CCCCC1CNC1CC1. The second kappa shape index (κ2) is 6.75. The van der Waals surface area contributed by atoms with Crippen molar-refractivity contribution in [2.45, 2.75) is 70.9 Å². The highest BCUT2D eigenvalue weighted by atomic mass is 15.2. The highest BCUT2D eigenvalue weighted by molar-refractivity contribution is 4.86. The summed E-state index contributed by atoms with van der Waals surface area (Å²) >= 11 is 0. The van der Waals surface area contributed by atoms with E-state index < -0.39 is 0 Å². The van der Waals surface area contributed by atoms with Gasteiger partial charge in [0.15, 0.2) is 0 Å². The molecule has 100 valence electrons. The van der Waals surface area contributed by atoms with Crippen LogP contribution in [0.2, 0.25) is 0 Å². The standard InChI is InChI=1S/C15H30N2/c1-3-6-13(2)12-17-10-5-4-7-15(17)11-16-14-8-9-14/h13-16H,3-12H2,1-2H3. The summed E-state index contributed by atoms with van der Waals surface area (Å²) in [6.07, 6.45) is 9.82. The number of nitrogens with zero attached hydrogens (tertiary/aromatic N) is 1. The van der Waals surface area contributed by atoms with Crippen LogP contribution < -0.4 is 5.32 Å². The fraction of sp³-hybridized carbons (Fsp3) is 1.00. The van der Waals surface area contributed by atoms with Crippen molar-refractivity contribution in [2.24, 2.45) is 5.92 Å². The summed E-state index contributed by atoms with van der Waals surface area (Å²) < 4.78 is 0. The summed E-state index contributed by atoms with van der Waals surface area (Å²) in [6.45, 7) is 8.63. The molecule has 1 saturated carbocycles. The lowest BCUT2D eigenvalue weighted by Gasteiger charge is -2.37. The first kappa shape index (κ1) is 13.4. The van der Waals surface area contributed by atoms with Gasteiger partial charge in [0.05, 0.1) is 0 Å². The maximum absolute atomic E-state index is 3.72. The van der Waals surface area contributed by atoms with Crippen molar-refractivity contribution >= 4 is 0 Å². The van der Waals surface area contributed by atoms with E-state index in [4.69, 9.17) is 0 Å². The largest absolute Gasteiger partial charge is 0.312 e. The zero-order valence-corrected chi connectivity index (χ0v) is 11.8. The Balaban J connectivity index is 1.73. The molecule has 0 spiro atoms. The van der Waals surface area contributed by atoms with Crippen molar-refractivity contribution in [2.75, 3.05) is 19.6 Å². The predicted octanol–water partition coefficient (Wildman–Crippen LogP) is 3.03. The first-order valence-corrected chi connectivity index (χ1v) is 7.77. The molecule has 2 atom stereocenters. The minimum Gasteiger partial charge on any atom is -0.312 e. The summed E-state index contributed by atoms with van der Waals surface area (Å²) in [4.78, 5) is 2.76. The molecule has 1 heterocycles. The van der Waals surface area contributed by atoms with Gasteiger partial charge in [0, 0.05) is 25.2 Å². The van der Waals surface area contributed by atoms with E-state index in [1.54, 1.807) is 0 Å². The fourth-order valence-corrected chi connectivity index (χ4v) is 3.11. The highest BCUT2D eigenvalue weighted by Crippen LogP contribution is 2.22. The first-order chi connectivity index (χ1) is 8.29. The molecule has 0 radical (unpaired) electrons. The van der Waals surface area contributed by atoms with Gasteiger partial charge in [-0.15, -0.1) is 0 Å². The molecule has 0 aromatic carbocycles. The average Bonchev–Trinajstić information content (AvgIpc) is 3.12. The number of nitrogens with one attached hydrogen (secondary N) is 1. The van der Waals surface area contributed by atoms with Gasteiger partial charge in [-0.05, 0) is 44.6 Å². The summed E-state index contributed by atoms with van der Waals surface area (Å²) in [6, 6.07) is 1.69. The Bertz CT molecular complexity index is 213. The van der Waals surface area contributed by atoms with Gasteiger partial charge in [0.25, 0.3) is 0 Å². The van der Waals surface area contributed by atoms with Gasteiger partial charge in [0.2, 0.25) is 0 Å². The minimum atomic E-state index is 0.823. The van der Waals surface area contributed by atoms with Gasteiger partial charge < -0.3 is 5.32 Å². The van der Waals surface area contributed by atoms with E-state index in [1.807, 2.05) is 0 Å². The molecule has 2 unspecified atom stereocenters. The van der Waals surface area contributed by atoms with Gasteiger partial charge in [-0.2, -0.15) is 0 Å². The van der Waals surface area contributed by atoms with E-state index in [-0.39, 0.29) is 0 Å². The molecule has 1 aliphatic carbocycles. The molecular formula is C15H30N2. The van der Waals surface area contributed by atoms with Crippen LogP contribution in [0.5, 0.6) is 0 Å². The van der Waals surface area contributed by atoms with E-state index in [2.05, 4.69) is 24.1 Å². The fourth-order valence-electron chi connectivity index (χ4n) is 3.11. The molecule has 2 heteroatoms. The molecule has 1 N–H and O–H groups in total. The van der Waals surface area contributed by atoms with E-state index in [0.29, 0.717) is 0 Å². The average molecular weight is 238 g/mol. The van der Waals surface area contributed by atoms with Gasteiger partial charge in [-0.3, -0.25) is 4.90 Å². The molecule has 0 aromatic rings. The van der Waals surface area contributed by atoms with Crippen LogP contribution >= 0.6 is 0 Å². The quantitative estimate of drug-likeness (QED) is 0.733. The number of rotatable bonds is 7. The molecule has 0 aromatic heterocycles. The highest BCUT2D eigenvalue weighted by Gasteiger charge is 2.26. The van der Waals surface area contributed by atoms with Crippen LogP contribution in [0.4, 0.5) is 0 Å². The van der Waals surface area contributed by atoms with Crippen LogP contribution in [0.25, 0.3) is 0 Å². The molecule has 1 aliphatic heterocycles. The molecular weight excluding hydrogens is 208 g/mol. The van der Waals surface area contributed by atoms with E-state index in [1.165, 1.54) is 64.6 Å². The molecule has 1 saturated heterocycles. The van der Waals surface area contributed by atoms with Crippen molar-refractivity contribution in [3.05, 3.63) is 0 Å². The van der Waals surface area contributed by atoms with Crippen molar-refractivity contribution in [1.82, 2.24) is 10.2 Å². The van der Waals surface area contributed by atoms with Crippen LogP contribution in [-0.2, 0) is 0 Å². The number of likely N-dealkylation sites (tertiary alicyclic amines) is 1. The summed E-state index contributed by atoms with van der Waals surface area (Å²) in [5.41, 5.74) is 0. The van der Waals surface area contributed by atoms with Crippen LogP contribution in [0, 0.1) is 5.92 Å². The second-order valence-corrected chi connectivity index (χ2v) is 6.22. The molecule has 2 nitrogen and oxygen atoms in total. The zero-order chi connectivity index (χ0) is 12.1. The second-order valence-electron chi connectivity index (χ2n) is 6.22. The topological polar surface area (TPSA) is 15.3 Å². The molecule has 17 heavy (non-hydrogen) atoms. The third-order valence-corrected chi connectivity index (χ3v) is 4.30. The van der Waals surface area contributed by atoms with E-state index in [0.717, 1.165) is 18.0 Å². The Hall–Kier alpha value is -0.0800. The lowest BCUT2D eigenvalue weighted by molar-refractivity contribution is 0.124. The Morgan fingerprint density at radius 2 is 2.06 bits per heavy atom. The van der Waals surface area contributed by atoms with Crippen LogP contribution in [0.15, 0.2) is 0 Å². The third-order valence-electron chi connectivity index (χ3n) is 4.30. The summed E-state index contributed by atoms with van der Waals surface area (Å²) in [5.74, 6) is 0.876. The Labute approximate surface area is 107 Å². The number of hydrogen-bond donors (Lipinski definition) is 1. The number of piperidine rings is 1. The molecule has 2 aliphatic rings. The predicted molar refractivity (Wildman–Crippen MR) is 74.3 cm³/mol. The minimum absolute atomic E-state index is 0.823. The Morgan fingerprint density at radius 3 is 2.76 bits per heavy atom. The smallest absolute Gasteiger partial charge is 0.0220 e. The molecule has 2 rings (SSSR count). The number of hydrogen-bond acceptors (Lipinski definition) is 2. The van der Waals surface area contributed by atoms with Crippen LogP contribution in [0.1, 0.15) is 58.8 Å². The van der Waals surface area contributed by atoms with Gasteiger partial charge in [0.1, 0.15) is 0 Å². The Morgan fingerprint density at radius 1 is 1.24 bits per heavy atom. The third kappa shape index (κ3) is 4.59. The molecule has 0 amide bonds.